The highest BCUT2D eigenvalue weighted by atomic mass is 32.2. The van der Waals surface area contributed by atoms with Gasteiger partial charge < -0.3 is 5.73 Å². The summed E-state index contributed by atoms with van der Waals surface area (Å²) in [6.07, 6.45) is 6.40. The van der Waals surface area contributed by atoms with Gasteiger partial charge in [-0.25, -0.2) is 0 Å². The Hall–Kier alpha value is 0.310. The Bertz CT molecular complexity index is 106. The summed E-state index contributed by atoms with van der Waals surface area (Å²) in [6.45, 7) is 6.75. The van der Waals surface area contributed by atoms with Crippen LogP contribution in [-0.4, -0.2) is 17.0 Å². The second kappa shape index (κ2) is 8.89. The molecule has 0 bridgehead atoms. The zero-order valence-corrected chi connectivity index (χ0v) is 10.2. The lowest BCUT2D eigenvalue weighted by atomic mass is 10.1. The summed E-state index contributed by atoms with van der Waals surface area (Å²) >= 11 is 2.02. The van der Waals surface area contributed by atoms with E-state index in [1.54, 1.807) is 0 Å². The maximum absolute atomic E-state index is 6.00. The molecular weight excluding hydrogens is 178 g/mol. The molecule has 0 aromatic carbocycles. The molecular formula is C11H25NS. The third kappa shape index (κ3) is 8.63. The van der Waals surface area contributed by atoms with E-state index in [9.17, 15) is 0 Å². The van der Waals surface area contributed by atoms with E-state index in [1.807, 2.05) is 11.8 Å². The molecule has 0 aromatic heterocycles. The minimum absolute atomic E-state index is 0.422. The van der Waals surface area contributed by atoms with E-state index in [4.69, 9.17) is 5.73 Å². The number of rotatable bonds is 8. The Labute approximate surface area is 87.9 Å². The molecule has 0 aliphatic rings. The quantitative estimate of drug-likeness (QED) is 0.612. The van der Waals surface area contributed by atoms with Crippen molar-refractivity contribution in [1.82, 2.24) is 0 Å². The summed E-state index contributed by atoms with van der Waals surface area (Å²) in [5.74, 6) is 1.14. The normalized spacial score (nSPS) is 15.7. The van der Waals surface area contributed by atoms with E-state index in [1.165, 1.54) is 32.1 Å². The van der Waals surface area contributed by atoms with Gasteiger partial charge in [-0.2, -0.15) is 11.8 Å². The van der Waals surface area contributed by atoms with Crippen LogP contribution in [0.3, 0.4) is 0 Å². The lowest BCUT2D eigenvalue weighted by molar-refractivity contribution is 0.596. The predicted molar refractivity (Wildman–Crippen MR) is 64.3 cm³/mol. The highest BCUT2D eigenvalue weighted by Crippen LogP contribution is 2.15. The van der Waals surface area contributed by atoms with Gasteiger partial charge in [0.05, 0.1) is 0 Å². The van der Waals surface area contributed by atoms with Crippen molar-refractivity contribution in [1.29, 1.82) is 0 Å². The van der Waals surface area contributed by atoms with Crippen LogP contribution in [0.15, 0.2) is 0 Å². The molecule has 0 amide bonds. The van der Waals surface area contributed by atoms with E-state index in [2.05, 4.69) is 20.8 Å². The topological polar surface area (TPSA) is 26.0 Å². The van der Waals surface area contributed by atoms with Gasteiger partial charge in [0.15, 0.2) is 0 Å². The van der Waals surface area contributed by atoms with Gasteiger partial charge >= 0.3 is 0 Å². The van der Waals surface area contributed by atoms with E-state index in [0.717, 1.165) is 11.0 Å². The van der Waals surface area contributed by atoms with Crippen molar-refractivity contribution >= 4 is 11.8 Å². The van der Waals surface area contributed by atoms with Crippen LogP contribution in [0.4, 0.5) is 0 Å². The van der Waals surface area contributed by atoms with Gasteiger partial charge in [0.25, 0.3) is 0 Å². The highest BCUT2D eigenvalue weighted by molar-refractivity contribution is 7.99. The molecule has 0 aliphatic heterocycles. The fourth-order valence-corrected chi connectivity index (χ4v) is 2.12. The van der Waals surface area contributed by atoms with Crippen molar-refractivity contribution in [2.24, 2.45) is 5.73 Å². The predicted octanol–water partition coefficient (Wildman–Crippen LogP) is 3.43. The molecule has 0 heterocycles. The molecule has 0 saturated heterocycles. The Morgan fingerprint density at radius 1 is 1.23 bits per heavy atom. The third-order valence-electron chi connectivity index (χ3n) is 2.35. The van der Waals surface area contributed by atoms with Gasteiger partial charge in [0.2, 0.25) is 0 Å². The zero-order valence-electron chi connectivity index (χ0n) is 9.38. The molecule has 0 aromatic rings. The van der Waals surface area contributed by atoms with Gasteiger partial charge in [0, 0.05) is 17.0 Å². The molecule has 0 aliphatic carbocycles. The fourth-order valence-electron chi connectivity index (χ4n) is 1.15. The highest BCUT2D eigenvalue weighted by Gasteiger charge is 2.05. The molecule has 2 atom stereocenters. The maximum atomic E-state index is 6.00. The number of hydrogen-bond acceptors (Lipinski definition) is 2. The van der Waals surface area contributed by atoms with Gasteiger partial charge in [0.1, 0.15) is 0 Å². The number of nitrogens with two attached hydrogens (primary N) is 1. The van der Waals surface area contributed by atoms with Gasteiger partial charge in [-0.1, -0.05) is 40.0 Å². The first kappa shape index (κ1) is 13.3. The Kier molecular flexibility index (Phi) is 9.10. The van der Waals surface area contributed by atoms with Gasteiger partial charge in [-0.15, -0.1) is 0 Å². The van der Waals surface area contributed by atoms with Crippen LogP contribution in [0.25, 0.3) is 0 Å². The average Bonchev–Trinajstić information content (AvgIpc) is 2.14. The number of unbranched alkanes of at least 4 members (excludes halogenated alkanes) is 2. The fraction of sp³-hybridized carbons (Fsp3) is 1.00. The molecule has 13 heavy (non-hydrogen) atoms. The van der Waals surface area contributed by atoms with Crippen LogP contribution in [0.2, 0.25) is 0 Å². The molecule has 2 unspecified atom stereocenters. The zero-order chi connectivity index (χ0) is 10.1. The SMILES string of the molecule is CCCCCC(N)CSC(C)CC. The summed E-state index contributed by atoms with van der Waals surface area (Å²) in [7, 11) is 0. The summed E-state index contributed by atoms with van der Waals surface area (Å²) < 4.78 is 0. The first-order valence-electron chi connectivity index (χ1n) is 5.57. The Morgan fingerprint density at radius 2 is 1.92 bits per heavy atom. The maximum Gasteiger partial charge on any atom is 0.0130 e. The largest absolute Gasteiger partial charge is 0.327 e. The molecule has 80 valence electrons. The second-order valence-corrected chi connectivity index (χ2v) is 5.28. The van der Waals surface area contributed by atoms with Gasteiger partial charge in [-0.3, -0.25) is 0 Å². The Morgan fingerprint density at radius 3 is 2.46 bits per heavy atom. The van der Waals surface area contributed by atoms with Crippen LogP contribution < -0.4 is 5.73 Å². The third-order valence-corrected chi connectivity index (χ3v) is 3.87. The first-order valence-corrected chi connectivity index (χ1v) is 6.62. The van der Waals surface area contributed by atoms with E-state index < -0.39 is 0 Å². The summed E-state index contributed by atoms with van der Waals surface area (Å²) in [5, 5.41) is 0.775. The van der Waals surface area contributed by atoms with Crippen LogP contribution in [0.5, 0.6) is 0 Å². The van der Waals surface area contributed by atoms with Crippen LogP contribution in [-0.2, 0) is 0 Å². The number of hydrogen-bond donors (Lipinski definition) is 1. The van der Waals surface area contributed by atoms with Crippen molar-refractivity contribution < 1.29 is 0 Å². The smallest absolute Gasteiger partial charge is 0.0130 e. The summed E-state index contributed by atoms with van der Waals surface area (Å²) in [4.78, 5) is 0. The van der Waals surface area contributed by atoms with Crippen LogP contribution >= 0.6 is 11.8 Å². The molecule has 0 radical (unpaired) electrons. The molecule has 0 fully saturated rings. The van der Waals surface area contributed by atoms with Crippen molar-refractivity contribution in [3.05, 3.63) is 0 Å². The van der Waals surface area contributed by atoms with E-state index in [-0.39, 0.29) is 0 Å². The monoisotopic (exact) mass is 203 g/mol. The van der Waals surface area contributed by atoms with E-state index >= 15 is 0 Å². The van der Waals surface area contributed by atoms with Crippen molar-refractivity contribution in [3.63, 3.8) is 0 Å². The summed E-state index contributed by atoms with van der Waals surface area (Å²) in [5.41, 5.74) is 6.00. The molecule has 2 heteroatoms. The molecule has 2 N–H and O–H groups in total. The standard InChI is InChI=1S/C11H25NS/c1-4-6-7-8-11(12)9-13-10(3)5-2/h10-11H,4-9,12H2,1-3H3. The lowest BCUT2D eigenvalue weighted by Crippen LogP contribution is -2.23. The summed E-state index contributed by atoms with van der Waals surface area (Å²) in [6, 6.07) is 0.422. The van der Waals surface area contributed by atoms with Crippen LogP contribution in [0, 0.1) is 0 Å². The molecule has 1 nitrogen and oxygen atoms in total. The van der Waals surface area contributed by atoms with Crippen molar-refractivity contribution in [2.45, 2.75) is 64.2 Å². The molecule has 0 spiro atoms. The minimum Gasteiger partial charge on any atom is -0.327 e. The average molecular weight is 203 g/mol. The van der Waals surface area contributed by atoms with Crippen molar-refractivity contribution in [2.75, 3.05) is 5.75 Å². The lowest BCUT2D eigenvalue weighted by Gasteiger charge is -2.13. The van der Waals surface area contributed by atoms with Crippen molar-refractivity contribution in [3.8, 4) is 0 Å². The molecule has 0 saturated carbocycles. The molecule has 0 rings (SSSR count). The first-order chi connectivity index (χ1) is 6.20. The van der Waals surface area contributed by atoms with Crippen LogP contribution in [0.1, 0.15) is 52.9 Å². The minimum atomic E-state index is 0.422. The number of thioether (sulfide) groups is 1. The van der Waals surface area contributed by atoms with Gasteiger partial charge in [-0.05, 0) is 12.8 Å². The Balaban J connectivity index is 3.24. The van der Waals surface area contributed by atoms with E-state index in [0.29, 0.717) is 6.04 Å². The second-order valence-electron chi connectivity index (χ2n) is 3.81.